The number of H-pyrrole nitrogens is 2. The summed E-state index contributed by atoms with van der Waals surface area (Å²) in [4.78, 5) is 18.9. The summed E-state index contributed by atoms with van der Waals surface area (Å²) in [5, 5.41) is 17.6. The van der Waals surface area contributed by atoms with E-state index in [-0.39, 0.29) is 5.91 Å². The molecule has 0 radical (unpaired) electrons. The topological polar surface area (TPSA) is 113 Å². The minimum Gasteiger partial charge on any atom is -0.326 e. The number of tetrazole rings is 1. The average Bonchev–Trinajstić information content (AvgIpc) is 3.10. The molecule has 0 aromatic carbocycles. The number of anilines is 2. The molecular formula is C16H16N8O+2. The molecule has 4 rings (SSSR count). The number of hydrogen-bond donors (Lipinski definition) is 2. The highest BCUT2D eigenvalue weighted by molar-refractivity contribution is 5.95. The maximum atomic E-state index is 13.0. The summed E-state index contributed by atoms with van der Waals surface area (Å²) in [6.45, 7) is 4.02. The van der Waals surface area contributed by atoms with Crippen LogP contribution in [-0.2, 0) is 4.79 Å². The van der Waals surface area contributed by atoms with Crippen molar-refractivity contribution in [3.8, 4) is 0 Å². The van der Waals surface area contributed by atoms with Crippen LogP contribution in [0.3, 0.4) is 0 Å². The SMILES string of the molecule is C=C1Nc2nnnn2C(c2cc[nH+]cc2)C1C(=O)Nc1ccc[nH+]c1. The summed E-state index contributed by atoms with van der Waals surface area (Å²) in [6.07, 6.45) is 7.08. The van der Waals surface area contributed by atoms with Crippen molar-refractivity contribution in [3.05, 3.63) is 66.9 Å². The zero-order valence-corrected chi connectivity index (χ0v) is 13.2. The molecular weight excluding hydrogens is 320 g/mol. The Morgan fingerprint density at radius 1 is 1.24 bits per heavy atom. The van der Waals surface area contributed by atoms with E-state index in [0.717, 1.165) is 5.56 Å². The molecule has 2 unspecified atom stereocenters. The Morgan fingerprint density at radius 3 is 2.84 bits per heavy atom. The monoisotopic (exact) mass is 336 g/mol. The van der Waals surface area contributed by atoms with Gasteiger partial charge >= 0.3 is 0 Å². The van der Waals surface area contributed by atoms with Crippen LogP contribution in [0, 0.1) is 5.92 Å². The van der Waals surface area contributed by atoms with E-state index in [1.165, 1.54) is 0 Å². The van der Waals surface area contributed by atoms with E-state index in [4.69, 9.17) is 0 Å². The summed E-state index contributed by atoms with van der Waals surface area (Å²) >= 11 is 0. The van der Waals surface area contributed by atoms with Gasteiger partial charge < -0.3 is 10.6 Å². The predicted molar refractivity (Wildman–Crippen MR) is 86.8 cm³/mol. The summed E-state index contributed by atoms with van der Waals surface area (Å²) in [6, 6.07) is 7.01. The number of hydrogen-bond acceptors (Lipinski definition) is 5. The van der Waals surface area contributed by atoms with E-state index in [1.807, 2.05) is 24.3 Å². The maximum absolute atomic E-state index is 13.0. The zero-order valence-electron chi connectivity index (χ0n) is 13.2. The number of carbonyl (C=O) groups excluding carboxylic acids is 1. The van der Waals surface area contributed by atoms with Gasteiger partial charge in [0.05, 0.1) is 0 Å². The fraction of sp³-hybridized carbons (Fsp3) is 0.125. The lowest BCUT2D eigenvalue weighted by atomic mass is 9.89. The molecule has 0 fully saturated rings. The molecule has 1 amide bonds. The molecule has 3 aromatic heterocycles. The quantitative estimate of drug-likeness (QED) is 0.703. The van der Waals surface area contributed by atoms with Crippen molar-refractivity contribution in [2.24, 2.45) is 5.92 Å². The van der Waals surface area contributed by atoms with Gasteiger partial charge in [-0.1, -0.05) is 11.7 Å². The Hall–Kier alpha value is -3.62. The van der Waals surface area contributed by atoms with Gasteiger partial charge in [0, 0.05) is 23.9 Å². The lowest BCUT2D eigenvalue weighted by Crippen LogP contribution is -2.39. The van der Waals surface area contributed by atoms with Gasteiger partial charge in [0.1, 0.15) is 17.6 Å². The van der Waals surface area contributed by atoms with Gasteiger partial charge in [-0.2, -0.15) is 0 Å². The Morgan fingerprint density at radius 2 is 2.08 bits per heavy atom. The van der Waals surface area contributed by atoms with Gasteiger partial charge in [-0.3, -0.25) is 4.79 Å². The molecule has 25 heavy (non-hydrogen) atoms. The molecule has 9 heteroatoms. The smallest absolute Gasteiger partial charge is 0.247 e. The maximum Gasteiger partial charge on any atom is 0.247 e. The molecule has 0 saturated carbocycles. The third-order valence-electron chi connectivity index (χ3n) is 4.06. The van der Waals surface area contributed by atoms with Crippen LogP contribution in [0.1, 0.15) is 11.6 Å². The normalized spacial score (nSPS) is 19.0. The van der Waals surface area contributed by atoms with Crippen LogP contribution >= 0.6 is 0 Å². The van der Waals surface area contributed by atoms with Gasteiger partial charge in [0.25, 0.3) is 0 Å². The van der Waals surface area contributed by atoms with Crippen molar-refractivity contribution >= 4 is 17.5 Å². The van der Waals surface area contributed by atoms with Crippen LogP contribution in [-0.4, -0.2) is 26.1 Å². The molecule has 1 aliphatic heterocycles. The number of rotatable bonds is 3. The van der Waals surface area contributed by atoms with Crippen molar-refractivity contribution in [2.75, 3.05) is 10.6 Å². The van der Waals surface area contributed by atoms with Crippen molar-refractivity contribution < 1.29 is 14.8 Å². The third kappa shape index (κ3) is 2.71. The van der Waals surface area contributed by atoms with E-state index in [0.29, 0.717) is 17.3 Å². The number of aromatic nitrogens is 6. The average molecular weight is 336 g/mol. The van der Waals surface area contributed by atoms with Crippen molar-refractivity contribution in [3.63, 3.8) is 0 Å². The van der Waals surface area contributed by atoms with Crippen LogP contribution in [0.4, 0.5) is 11.6 Å². The van der Waals surface area contributed by atoms with Gasteiger partial charge in [0.15, 0.2) is 24.8 Å². The highest BCUT2D eigenvalue weighted by Crippen LogP contribution is 2.36. The minimum absolute atomic E-state index is 0.198. The van der Waals surface area contributed by atoms with Crippen LogP contribution < -0.4 is 20.6 Å². The molecule has 0 bridgehead atoms. The molecule has 0 spiro atoms. The molecule has 2 atom stereocenters. The van der Waals surface area contributed by atoms with Gasteiger partial charge in [0.2, 0.25) is 11.9 Å². The lowest BCUT2D eigenvalue weighted by Gasteiger charge is -2.32. The fourth-order valence-corrected chi connectivity index (χ4v) is 2.94. The number of pyridine rings is 2. The molecule has 4 N–H and O–H groups in total. The highest BCUT2D eigenvalue weighted by atomic mass is 16.2. The van der Waals surface area contributed by atoms with Crippen molar-refractivity contribution in [2.45, 2.75) is 6.04 Å². The molecule has 3 aromatic rings. The first-order valence-corrected chi connectivity index (χ1v) is 7.71. The van der Waals surface area contributed by atoms with E-state index in [9.17, 15) is 4.79 Å². The molecule has 124 valence electrons. The third-order valence-corrected chi connectivity index (χ3v) is 4.06. The van der Waals surface area contributed by atoms with Crippen LogP contribution in [0.25, 0.3) is 0 Å². The molecule has 4 heterocycles. The Kier molecular flexibility index (Phi) is 3.65. The minimum atomic E-state index is -0.585. The fourth-order valence-electron chi connectivity index (χ4n) is 2.94. The first-order chi connectivity index (χ1) is 12.2. The van der Waals surface area contributed by atoms with Gasteiger partial charge in [-0.15, -0.1) is 0 Å². The van der Waals surface area contributed by atoms with Crippen LogP contribution in [0.15, 0.2) is 61.3 Å². The zero-order chi connectivity index (χ0) is 17.2. The first-order valence-electron chi connectivity index (χ1n) is 7.71. The standard InChI is InChI=1S/C16H14N8O/c1-10-13(15(25)20-12-3-2-6-18-9-12)14(11-4-7-17-8-5-11)24-16(19-10)21-22-23-24/h2-9,13-14H,1H2,(H,20,25)(H,19,21,23)/p+2. The van der Waals surface area contributed by atoms with Crippen LogP contribution in [0.2, 0.25) is 0 Å². The van der Waals surface area contributed by atoms with E-state index in [1.54, 1.807) is 29.5 Å². The molecule has 9 nitrogen and oxygen atoms in total. The summed E-state index contributed by atoms with van der Waals surface area (Å²) < 4.78 is 1.60. The number of fused-ring (bicyclic) bond motifs is 1. The largest absolute Gasteiger partial charge is 0.326 e. The second-order valence-electron chi connectivity index (χ2n) is 5.63. The lowest BCUT2D eigenvalue weighted by molar-refractivity contribution is -0.378. The van der Waals surface area contributed by atoms with Crippen molar-refractivity contribution in [1.29, 1.82) is 0 Å². The van der Waals surface area contributed by atoms with E-state index < -0.39 is 12.0 Å². The number of carbonyl (C=O) groups is 1. The second-order valence-corrected chi connectivity index (χ2v) is 5.63. The molecule has 0 aliphatic carbocycles. The summed E-state index contributed by atoms with van der Waals surface area (Å²) in [7, 11) is 0. The van der Waals surface area contributed by atoms with Crippen LogP contribution in [0.5, 0.6) is 0 Å². The first kappa shape index (κ1) is 14.9. The molecule has 0 saturated heterocycles. The summed E-state index contributed by atoms with van der Waals surface area (Å²) in [5.74, 6) is -0.324. The number of amides is 1. The van der Waals surface area contributed by atoms with Gasteiger partial charge in [-0.05, 0) is 22.1 Å². The Bertz CT molecular complexity index is 908. The van der Waals surface area contributed by atoms with E-state index >= 15 is 0 Å². The second kappa shape index (κ2) is 6.11. The van der Waals surface area contributed by atoms with E-state index in [2.05, 4.69) is 42.7 Å². The number of aromatic amines is 2. The predicted octanol–water partition coefficient (Wildman–Crippen LogP) is 0.0848. The Balaban J connectivity index is 1.74. The van der Waals surface area contributed by atoms with Crippen molar-refractivity contribution in [1.82, 2.24) is 20.2 Å². The molecule has 1 aliphatic rings. The number of nitrogens with one attached hydrogen (secondary N) is 4. The number of nitrogens with zero attached hydrogens (tertiary/aromatic N) is 4. The van der Waals surface area contributed by atoms with Gasteiger partial charge in [-0.25, -0.2) is 14.6 Å². The Labute approximate surface area is 142 Å². The summed E-state index contributed by atoms with van der Waals surface area (Å²) in [5.41, 5.74) is 2.11. The highest BCUT2D eigenvalue weighted by Gasteiger charge is 2.40.